The van der Waals surface area contributed by atoms with E-state index in [0.29, 0.717) is 6.04 Å². The minimum absolute atomic E-state index is 0.605. The maximum absolute atomic E-state index is 3.71. The SMILES string of the molecule is CCC(c1ccc(C)cc1)N1C[C@@H]2CCCN[C@@H]2C1. The van der Waals surface area contributed by atoms with Gasteiger partial charge in [-0.25, -0.2) is 0 Å². The smallest absolute Gasteiger partial charge is 0.0346 e. The number of piperidine rings is 1. The lowest BCUT2D eigenvalue weighted by Gasteiger charge is -2.27. The van der Waals surface area contributed by atoms with Gasteiger partial charge in [-0.05, 0) is 44.2 Å². The number of likely N-dealkylation sites (tertiary alicyclic amines) is 1. The number of aryl methyl sites for hydroxylation is 1. The fourth-order valence-electron chi connectivity index (χ4n) is 3.83. The summed E-state index contributed by atoms with van der Waals surface area (Å²) in [5, 5.41) is 3.71. The zero-order valence-electron chi connectivity index (χ0n) is 12.2. The van der Waals surface area contributed by atoms with Gasteiger partial charge in [0.2, 0.25) is 0 Å². The van der Waals surface area contributed by atoms with Crippen molar-refractivity contribution in [3.63, 3.8) is 0 Å². The second kappa shape index (κ2) is 5.64. The van der Waals surface area contributed by atoms with E-state index in [1.54, 1.807) is 0 Å². The Bertz CT molecular complexity index is 398. The van der Waals surface area contributed by atoms with Crippen LogP contribution < -0.4 is 5.32 Å². The van der Waals surface area contributed by atoms with Gasteiger partial charge in [0.15, 0.2) is 0 Å². The number of fused-ring (bicyclic) bond motifs is 1. The second-order valence-corrected chi connectivity index (χ2v) is 6.25. The summed E-state index contributed by atoms with van der Waals surface area (Å²) in [6, 6.07) is 10.5. The van der Waals surface area contributed by atoms with Crippen LogP contribution in [-0.2, 0) is 0 Å². The normalized spacial score (nSPS) is 29.2. The first-order valence-corrected chi connectivity index (χ1v) is 7.82. The number of nitrogens with one attached hydrogen (secondary N) is 1. The van der Waals surface area contributed by atoms with Crippen LogP contribution in [0.5, 0.6) is 0 Å². The molecule has 2 saturated heterocycles. The molecular formula is C17H26N2. The van der Waals surface area contributed by atoms with E-state index in [4.69, 9.17) is 0 Å². The molecule has 2 aliphatic rings. The fraction of sp³-hybridized carbons (Fsp3) is 0.647. The molecule has 2 nitrogen and oxygen atoms in total. The summed E-state index contributed by atoms with van der Waals surface area (Å²) in [5.74, 6) is 0.883. The van der Waals surface area contributed by atoms with E-state index < -0.39 is 0 Å². The van der Waals surface area contributed by atoms with Gasteiger partial charge in [0.25, 0.3) is 0 Å². The van der Waals surface area contributed by atoms with E-state index in [1.165, 1.54) is 50.0 Å². The van der Waals surface area contributed by atoms with Gasteiger partial charge in [0, 0.05) is 25.2 Å². The number of nitrogens with zero attached hydrogens (tertiary/aromatic N) is 1. The molecule has 2 heteroatoms. The Kier molecular flexibility index (Phi) is 3.90. The van der Waals surface area contributed by atoms with Crippen molar-refractivity contribution in [2.24, 2.45) is 5.92 Å². The maximum Gasteiger partial charge on any atom is 0.0346 e. The lowest BCUT2D eigenvalue weighted by molar-refractivity contribution is 0.228. The molecule has 3 atom stereocenters. The Labute approximate surface area is 117 Å². The third-order valence-electron chi connectivity index (χ3n) is 4.92. The first-order valence-electron chi connectivity index (χ1n) is 7.82. The molecule has 2 fully saturated rings. The van der Waals surface area contributed by atoms with Gasteiger partial charge in [0.1, 0.15) is 0 Å². The highest BCUT2D eigenvalue weighted by molar-refractivity contribution is 5.24. The number of rotatable bonds is 3. The predicted octanol–water partition coefficient (Wildman–Crippen LogP) is 3.13. The molecule has 0 spiro atoms. The molecule has 0 bridgehead atoms. The summed E-state index contributed by atoms with van der Waals surface area (Å²) in [6.07, 6.45) is 3.98. The van der Waals surface area contributed by atoms with Crippen molar-refractivity contribution in [3.05, 3.63) is 35.4 Å². The van der Waals surface area contributed by atoms with Crippen molar-refractivity contribution in [1.29, 1.82) is 0 Å². The summed E-state index contributed by atoms with van der Waals surface area (Å²) in [4.78, 5) is 2.71. The van der Waals surface area contributed by atoms with Crippen LogP contribution in [0.15, 0.2) is 24.3 Å². The largest absolute Gasteiger partial charge is 0.312 e. The van der Waals surface area contributed by atoms with Crippen LogP contribution in [-0.4, -0.2) is 30.6 Å². The molecule has 2 heterocycles. The van der Waals surface area contributed by atoms with Crippen LogP contribution in [0.4, 0.5) is 0 Å². The van der Waals surface area contributed by atoms with Crippen molar-refractivity contribution in [3.8, 4) is 0 Å². The van der Waals surface area contributed by atoms with Gasteiger partial charge in [-0.15, -0.1) is 0 Å². The Hall–Kier alpha value is -0.860. The lowest BCUT2D eigenvalue weighted by atomic mass is 9.94. The van der Waals surface area contributed by atoms with Crippen LogP contribution in [0.25, 0.3) is 0 Å². The van der Waals surface area contributed by atoms with Crippen LogP contribution >= 0.6 is 0 Å². The van der Waals surface area contributed by atoms with Gasteiger partial charge in [0.05, 0.1) is 0 Å². The molecule has 1 aromatic rings. The summed E-state index contributed by atoms with van der Waals surface area (Å²) < 4.78 is 0. The van der Waals surface area contributed by atoms with Crippen molar-refractivity contribution in [2.75, 3.05) is 19.6 Å². The van der Waals surface area contributed by atoms with Crippen LogP contribution in [0.2, 0.25) is 0 Å². The number of hydrogen-bond acceptors (Lipinski definition) is 2. The Morgan fingerprint density at radius 3 is 2.74 bits per heavy atom. The molecule has 104 valence electrons. The van der Waals surface area contributed by atoms with Crippen LogP contribution in [0.1, 0.15) is 43.4 Å². The summed E-state index contributed by atoms with van der Waals surface area (Å²) in [7, 11) is 0. The minimum atomic E-state index is 0.605. The van der Waals surface area contributed by atoms with E-state index >= 15 is 0 Å². The summed E-state index contributed by atoms with van der Waals surface area (Å²) >= 11 is 0. The number of hydrogen-bond donors (Lipinski definition) is 1. The van der Waals surface area contributed by atoms with E-state index in [1.807, 2.05) is 0 Å². The standard InChI is InChI=1S/C17H26N2/c1-3-17(14-8-6-13(2)7-9-14)19-11-15-5-4-10-18-16(15)12-19/h6-9,15-18H,3-5,10-12H2,1-2H3/t15-,16+,17?/m0/s1. The van der Waals surface area contributed by atoms with Crippen molar-refractivity contribution in [1.82, 2.24) is 10.2 Å². The van der Waals surface area contributed by atoms with Crippen LogP contribution in [0, 0.1) is 12.8 Å². The highest BCUT2D eigenvalue weighted by Crippen LogP contribution is 2.33. The maximum atomic E-state index is 3.71. The highest BCUT2D eigenvalue weighted by Gasteiger charge is 2.36. The molecule has 0 amide bonds. The highest BCUT2D eigenvalue weighted by atomic mass is 15.2. The van der Waals surface area contributed by atoms with Gasteiger partial charge >= 0.3 is 0 Å². The van der Waals surface area contributed by atoms with E-state index in [-0.39, 0.29) is 0 Å². The second-order valence-electron chi connectivity index (χ2n) is 6.25. The third kappa shape index (κ3) is 2.70. The molecule has 3 rings (SSSR count). The first kappa shape index (κ1) is 13.1. The van der Waals surface area contributed by atoms with Gasteiger partial charge < -0.3 is 5.32 Å². The first-order chi connectivity index (χ1) is 9.28. The zero-order valence-corrected chi connectivity index (χ0v) is 12.2. The molecule has 2 aliphatic heterocycles. The summed E-state index contributed by atoms with van der Waals surface area (Å²) in [6.45, 7) is 8.22. The predicted molar refractivity (Wildman–Crippen MR) is 80.3 cm³/mol. The van der Waals surface area contributed by atoms with E-state index in [9.17, 15) is 0 Å². The average molecular weight is 258 g/mol. The molecule has 0 aromatic heterocycles. The summed E-state index contributed by atoms with van der Waals surface area (Å²) in [5.41, 5.74) is 2.85. The third-order valence-corrected chi connectivity index (χ3v) is 4.92. The van der Waals surface area contributed by atoms with Crippen molar-refractivity contribution < 1.29 is 0 Å². The van der Waals surface area contributed by atoms with Crippen molar-refractivity contribution in [2.45, 2.75) is 45.2 Å². The van der Waals surface area contributed by atoms with E-state index in [0.717, 1.165) is 12.0 Å². The van der Waals surface area contributed by atoms with Gasteiger partial charge in [-0.1, -0.05) is 36.8 Å². The molecule has 1 unspecified atom stereocenters. The minimum Gasteiger partial charge on any atom is -0.312 e. The van der Waals surface area contributed by atoms with E-state index in [2.05, 4.69) is 48.3 Å². The lowest BCUT2D eigenvalue weighted by Crippen LogP contribution is -2.40. The fourth-order valence-corrected chi connectivity index (χ4v) is 3.83. The average Bonchev–Trinajstić information content (AvgIpc) is 2.85. The molecule has 0 aliphatic carbocycles. The molecule has 0 saturated carbocycles. The molecule has 19 heavy (non-hydrogen) atoms. The molecule has 0 radical (unpaired) electrons. The molecular weight excluding hydrogens is 232 g/mol. The van der Waals surface area contributed by atoms with Gasteiger partial charge in [-0.3, -0.25) is 4.90 Å². The quantitative estimate of drug-likeness (QED) is 0.896. The van der Waals surface area contributed by atoms with Crippen LogP contribution in [0.3, 0.4) is 0 Å². The topological polar surface area (TPSA) is 15.3 Å². The molecule has 1 aromatic carbocycles. The molecule has 1 N–H and O–H groups in total. The number of benzene rings is 1. The zero-order chi connectivity index (χ0) is 13.2. The Morgan fingerprint density at radius 1 is 1.26 bits per heavy atom. The van der Waals surface area contributed by atoms with Crippen molar-refractivity contribution >= 4 is 0 Å². The Balaban J connectivity index is 1.74. The Morgan fingerprint density at radius 2 is 2.05 bits per heavy atom. The van der Waals surface area contributed by atoms with Gasteiger partial charge in [-0.2, -0.15) is 0 Å². The monoisotopic (exact) mass is 258 g/mol.